The van der Waals surface area contributed by atoms with Crippen LogP contribution >= 0.6 is 0 Å². The van der Waals surface area contributed by atoms with E-state index in [0.29, 0.717) is 12.1 Å². The number of aliphatic hydroxyl groups excluding tert-OH is 1. The van der Waals surface area contributed by atoms with Gasteiger partial charge in [-0.15, -0.1) is 0 Å². The first-order valence-electron chi connectivity index (χ1n) is 13.9. The molecule has 2 saturated heterocycles. The maximum atomic E-state index is 13.7. The second kappa shape index (κ2) is 12.3. The van der Waals surface area contributed by atoms with E-state index in [2.05, 4.69) is 0 Å². The smallest absolute Gasteiger partial charge is 0.416 e. The molecule has 2 heterocycles. The van der Waals surface area contributed by atoms with Crippen LogP contribution in [0.2, 0.25) is 0 Å². The monoisotopic (exact) mass is 629 g/mol. The van der Waals surface area contributed by atoms with Crippen LogP contribution in [0.1, 0.15) is 54.2 Å². The van der Waals surface area contributed by atoms with Crippen LogP contribution in [0, 0.1) is 0 Å². The highest BCUT2D eigenvalue weighted by Gasteiger charge is 2.45. The van der Waals surface area contributed by atoms with Crippen LogP contribution in [0.3, 0.4) is 0 Å². The van der Waals surface area contributed by atoms with Crippen LogP contribution < -0.4 is 0 Å². The number of ether oxygens (including phenoxy) is 1. The van der Waals surface area contributed by atoms with Crippen molar-refractivity contribution in [2.75, 3.05) is 26.2 Å². The zero-order chi connectivity index (χ0) is 32.6. The van der Waals surface area contributed by atoms with Gasteiger partial charge in [0.15, 0.2) is 0 Å². The number of benzene rings is 2. The first kappa shape index (κ1) is 33.1. The van der Waals surface area contributed by atoms with Gasteiger partial charge in [-0.25, -0.2) is 4.79 Å². The molecule has 3 amide bonds. The number of β-amino-alcohol motifs (C(OH)–C–C–N with tert-alkyl or cyclic N) is 1. The fourth-order valence-corrected chi connectivity index (χ4v) is 5.41. The van der Waals surface area contributed by atoms with Crippen LogP contribution in [0.4, 0.5) is 31.1 Å². The molecule has 0 aliphatic carbocycles. The lowest BCUT2D eigenvalue weighted by Crippen LogP contribution is -2.60. The number of amides is 3. The maximum Gasteiger partial charge on any atom is 0.416 e. The lowest BCUT2D eigenvalue weighted by molar-refractivity contribution is -0.143. The molecular weight excluding hydrogens is 596 g/mol. The third-order valence-corrected chi connectivity index (χ3v) is 7.40. The largest absolute Gasteiger partial charge is 0.444 e. The Balaban J connectivity index is 1.63. The third-order valence-electron chi connectivity index (χ3n) is 7.40. The molecule has 1 N–H and O–H groups in total. The van der Waals surface area contributed by atoms with Gasteiger partial charge in [-0.3, -0.25) is 14.5 Å². The Hall–Kier alpha value is -3.81. The van der Waals surface area contributed by atoms with Crippen molar-refractivity contribution >= 4 is 17.9 Å². The minimum absolute atomic E-state index is 0.0404. The number of likely N-dealkylation sites (tertiary alicyclic amines) is 1. The summed E-state index contributed by atoms with van der Waals surface area (Å²) in [4.78, 5) is 43.8. The van der Waals surface area contributed by atoms with Crippen molar-refractivity contribution < 1.29 is 50.6 Å². The Labute approximate surface area is 250 Å². The van der Waals surface area contributed by atoms with E-state index in [4.69, 9.17) is 4.74 Å². The van der Waals surface area contributed by atoms with Crippen LogP contribution in [0.5, 0.6) is 0 Å². The van der Waals surface area contributed by atoms with Crippen molar-refractivity contribution in [2.24, 2.45) is 0 Å². The molecule has 14 heteroatoms. The molecule has 44 heavy (non-hydrogen) atoms. The van der Waals surface area contributed by atoms with Crippen molar-refractivity contribution in [3.05, 3.63) is 70.8 Å². The number of rotatable bonds is 4. The predicted octanol–water partition coefficient (Wildman–Crippen LogP) is 4.99. The summed E-state index contributed by atoms with van der Waals surface area (Å²) in [5, 5.41) is 10.3. The summed E-state index contributed by atoms with van der Waals surface area (Å²) in [5.41, 5.74) is -4.13. The Bertz CT molecular complexity index is 1340. The summed E-state index contributed by atoms with van der Waals surface area (Å²) in [6.45, 7) is 4.42. The summed E-state index contributed by atoms with van der Waals surface area (Å²) < 4.78 is 86.5. The van der Waals surface area contributed by atoms with Gasteiger partial charge in [-0.1, -0.05) is 30.3 Å². The quantitative estimate of drug-likeness (QED) is 0.482. The molecule has 0 bridgehead atoms. The second-order valence-electron chi connectivity index (χ2n) is 12.0. The van der Waals surface area contributed by atoms with Gasteiger partial charge >= 0.3 is 18.4 Å². The predicted molar refractivity (Wildman–Crippen MR) is 145 cm³/mol. The lowest BCUT2D eigenvalue weighted by Gasteiger charge is -2.43. The van der Waals surface area contributed by atoms with Crippen LogP contribution in [-0.2, 0) is 28.3 Å². The Kier molecular flexibility index (Phi) is 9.24. The van der Waals surface area contributed by atoms with Crippen molar-refractivity contribution in [3.8, 4) is 0 Å². The average Bonchev–Trinajstić information content (AvgIpc) is 3.32. The normalized spacial score (nSPS) is 21.4. The van der Waals surface area contributed by atoms with E-state index in [-0.39, 0.29) is 45.1 Å². The molecule has 240 valence electrons. The Morgan fingerprint density at radius 3 is 2.00 bits per heavy atom. The van der Waals surface area contributed by atoms with Crippen molar-refractivity contribution in [1.82, 2.24) is 14.7 Å². The van der Waals surface area contributed by atoms with Gasteiger partial charge < -0.3 is 19.6 Å². The lowest BCUT2D eigenvalue weighted by atomic mass is 9.98. The number of halogens is 6. The van der Waals surface area contributed by atoms with Gasteiger partial charge in [0.1, 0.15) is 11.6 Å². The summed E-state index contributed by atoms with van der Waals surface area (Å²) >= 11 is 0. The zero-order valence-electron chi connectivity index (χ0n) is 24.3. The van der Waals surface area contributed by atoms with E-state index in [9.17, 15) is 45.8 Å². The fraction of sp³-hybridized carbons (Fsp3) is 0.500. The highest BCUT2D eigenvalue weighted by Crippen LogP contribution is 2.37. The van der Waals surface area contributed by atoms with E-state index >= 15 is 0 Å². The third kappa shape index (κ3) is 7.82. The van der Waals surface area contributed by atoms with Crippen molar-refractivity contribution in [2.45, 2.75) is 69.8 Å². The van der Waals surface area contributed by atoms with Gasteiger partial charge in [0.2, 0.25) is 5.91 Å². The molecule has 4 rings (SSSR count). The number of carbonyl (C=O) groups is 3. The number of alkyl halides is 6. The number of hydrogen-bond acceptors (Lipinski definition) is 5. The van der Waals surface area contributed by atoms with Gasteiger partial charge in [-0.2, -0.15) is 26.3 Å². The van der Waals surface area contributed by atoms with Crippen LogP contribution in [-0.4, -0.2) is 87.7 Å². The molecule has 2 aromatic carbocycles. The van der Waals surface area contributed by atoms with Gasteiger partial charge in [0, 0.05) is 31.6 Å². The number of piperazine rings is 1. The number of hydrogen-bond donors (Lipinski definition) is 1. The Morgan fingerprint density at radius 1 is 0.864 bits per heavy atom. The Morgan fingerprint density at radius 2 is 1.45 bits per heavy atom. The standard InChI is InChI=1S/C30H33F6N3O5/c1-28(2,3)44-27(43)39-17-23(40)15-24(39)26(42)37-9-10-38(22(16-37)11-18-7-5-4-6-8-18)25(41)19-12-20(29(31,32)33)14-21(13-19)30(34,35)36/h4-8,12-14,22-24,40H,9-11,15-17H2,1-3H3/t22-,23-,24+/m1/s1. The van der Waals surface area contributed by atoms with E-state index in [1.54, 1.807) is 51.1 Å². The highest BCUT2D eigenvalue weighted by molar-refractivity contribution is 5.95. The summed E-state index contributed by atoms with van der Waals surface area (Å²) in [6.07, 6.45) is -11.9. The molecule has 8 nitrogen and oxygen atoms in total. The highest BCUT2D eigenvalue weighted by atomic mass is 19.4. The molecule has 0 aromatic heterocycles. The van der Waals surface area contributed by atoms with Crippen LogP contribution in [0.25, 0.3) is 0 Å². The first-order valence-corrected chi connectivity index (χ1v) is 13.9. The number of nitrogens with zero attached hydrogens (tertiary/aromatic N) is 3. The topological polar surface area (TPSA) is 90.4 Å². The SMILES string of the molecule is CC(C)(C)OC(=O)N1C[C@H](O)C[C@H]1C(=O)N1CCN(C(=O)c2cc(C(F)(F)F)cc(C(F)(F)F)c2)[C@H](Cc2ccccc2)C1. The maximum absolute atomic E-state index is 13.7. The summed E-state index contributed by atoms with van der Waals surface area (Å²) in [5.74, 6) is -1.56. The average molecular weight is 630 g/mol. The van der Waals surface area contributed by atoms with Gasteiger partial charge in [0.05, 0.1) is 29.8 Å². The van der Waals surface area contributed by atoms with Crippen molar-refractivity contribution in [1.29, 1.82) is 0 Å². The van der Waals surface area contributed by atoms with Gasteiger partial charge in [-0.05, 0) is 51.0 Å². The molecule has 0 spiro atoms. The molecule has 2 aromatic rings. The van der Waals surface area contributed by atoms with E-state index in [1.807, 2.05) is 0 Å². The van der Waals surface area contributed by atoms with Crippen molar-refractivity contribution in [3.63, 3.8) is 0 Å². The van der Waals surface area contributed by atoms with E-state index in [1.165, 1.54) is 9.80 Å². The van der Waals surface area contributed by atoms with E-state index in [0.717, 1.165) is 10.5 Å². The molecule has 2 aliphatic heterocycles. The fourth-order valence-electron chi connectivity index (χ4n) is 5.41. The van der Waals surface area contributed by atoms with Gasteiger partial charge in [0.25, 0.3) is 5.91 Å². The summed E-state index contributed by atoms with van der Waals surface area (Å²) in [7, 11) is 0. The minimum atomic E-state index is -5.13. The zero-order valence-corrected chi connectivity index (χ0v) is 24.3. The second-order valence-corrected chi connectivity index (χ2v) is 12.0. The van der Waals surface area contributed by atoms with Crippen LogP contribution in [0.15, 0.2) is 48.5 Å². The molecule has 0 saturated carbocycles. The van der Waals surface area contributed by atoms with E-state index < -0.39 is 70.7 Å². The number of aliphatic hydroxyl groups is 1. The molecule has 2 fully saturated rings. The molecule has 3 atom stereocenters. The minimum Gasteiger partial charge on any atom is -0.444 e. The molecule has 0 radical (unpaired) electrons. The summed E-state index contributed by atoms with van der Waals surface area (Å²) in [6, 6.07) is 7.57. The molecular formula is C30H33F6N3O5. The molecule has 0 unspecified atom stereocenters. The number of carbonyl (C=O) groups excluding carboxylic acids is 3. The molecule has 2 aliphatic rings. The first-order chi connectivity index (χ1) is 20.3.